The Bertz CT molecular complexity index is 201. The van der Waals surface area contributed by atoms with E-state index >= 15 is 0 Å². The molecule has 0 heterocycles. The minimum Gasteiger partial charge on any atom is -0.369 e. The van der Waals surface area contributed by atoms with Crippen molar-refractivity contribution < 1.29 is 8.42 Å². The SMILES string of the molecule is CCS(=O)(=O)N=C(N)N. The van der Waals surface area contributed by atoms with Gasteiger partial charge in [0.25, 0.3) is 10.0 Å². The molecule has 5 nitrogen and oxygen atoms in total. The van der Waals surface area contributed by atoms with E-state index in [4.69, 9.17) is 11.5 Å². The minimum absolute atomic E-state index is 0.0785. The van der Waals surface area contributed by atoms with E-state index in [1.165, 1.54) is 6.92 Å². The molecule has 0 fully saturated rings. The highest BCUT2D eigenvalue weighted by Gasteiger charge is 2.01. The molecule has 0 saturated heterocycles. The van der Waals surface area contributed by atoms with Crippen LogP contribution in [-0.2, 0) is 10.0 Å². The van der Waals surface area contributed by atoms with Gasteiger partial charge >= 0.3 is 0 Å². The number of nitrogens with two attached hydrogens (primary N) is 2. The third-order valence-electron chi connectivity index (χ3n) is 0.609. The zero-order chi connectivity index (χ0) is 7.49. The van der Waals surface area contributed by atoms with Gasteiger partial charge in [0.1, 0.15) is 0 Å². The first-order valence-corrected chi connectivity index (χ1v) is 3.92. The molecule has 0 aliphatic heterocycles. The molecule has 0 saturated carbocycles. The molecular formula is C3H9N3O2S. The topological polar surface area (TPSA) is 98.5 Å². The Morgan fingerprint density at radius 2 is 2.00 bits per heavy atom. The van der Waals surface area contributed by atoms with Crippen molar-refractivity contribution in [2.75, 3.05) is 5.75 Å². The number of hydrogen-bond donors (Lipinski definition) is 2. The fourth-order valence-corrected chi connectivity index (χ4v) is 0.675. The largest absolute Gasteiger partial charge is 0.369 e. The van der Waals surface area contributed by atoms with E-state index in [0.717, 1.165) is 0 Å². The van der Waals surface area contributed by atoms with Gasteiger partial charge in [0.15, 0.2) is 0 Å². The van der Waals surface area contributed by atoms with E-state index in [1.807, 2.05) is 0 Å². The predicted octanol–water partition coefficient (Wildman–Crippen LogP) is -1.39. The summed E-state index contributed by atoms with van der Waals surface area (Å²) in [7, 11) is -3.38. The van der Waals surface area contributed by atoms with Gasteiger partial charge in [-0.15, -0.1) is 4.40 Å². The van der Waals surface area contributed by atoms with Gasteiger partial charge in [0, 0.05) is 0 Å². The Hall–Kier alpha value is -0.780. The first-order chi connectivity index (χ1) is 3.98. The van der Waals surface area contributed by atoms with Crippen molar-refractivity contribution in [2.24, 2.45) is 15.9 Å². The van der Waals surface area contributed by atoms with Gasteiger partial charge in [-0.3, -0.25) is 0 Å². The third-order valence-corrected chi connectivity index (χ3v) is 1.83. The van der Waals surface area contributed by atoms with Crippen molar-refractivity contribution >= 4 is 16.0 Å². The number of sulfonamides is 1. The van der Waals surface area contributed by atoms with Crippen LogP contribution >= 0.6 is 0 Å². The summed E-state index contributed by atoms with van der Waals surface area (Å²) in [4.78, 5) is 0. The highest BCUT2D eigenvalue weighted by Crippen LogP contribution is 1.87. The Labute approximate surface area is 53.8 Å². The molecule has 0 amide bonds. The van der Waals surface area contributed by atoms with Crippen molar-refractivity contribution in [3.8, 4) is 0 Å². The monoisotopic (exact) mass is 151 g/mol. The summed E-state index contributed by atoms with van der Waals surface area (Å²) in [5.41, 5.74) is 9.61. The van der Waals surface area contributed by atoms with Crippen LogP contribution in [0.15, 0.2) is 4.40 Å². The summed E-state index contributed by atoms with van der Waals surface area (Å²) >= 11 is 0. The van der Waals surface area contributed by atoms with Crippen LogP contribution in [0, 0.1) is 0 Å². The van der Waals surface area contributed by atoms with Crippen LogP contribution < -0.4 is 11.5 Å². The first kappa shape index (κ1) is 8.22. The van der Waals surface area contributed by atoms with Crippen LogP contribution in [0.2, 0.25) is 0 Å². The van der Waals surface area contributed by atoms with Crippen molar-refractivity contribution in [3.63, 3.8) is 0 Å². The van der Waals surface area contributed by atoms with E-state index in [2.05, 4.69) is 4.40 Å². The lowest BCUT2D eigenvalue weighted by Gasteiger charge is -1.90. The molecule has 0 aliphatic rings. The lowest BCUT2D eigenvalue weighted by atomic mass is 11.0. The minimum atomic E-state index is -3.38. The van der Waals surface area contributed by atoms with Crippen LogP contribution in [0.4, 0.5) is 0 Å². The molecule has 0 aromatic heterocycles. The summed E-state index contributed by atoms with van der Waals surface area (Å²) in [6.45, 7) is 1.46. The van der Waals surface area contributed by atoms with E-state index in [1.54, 1.807) is 0 Å². The Morgan fingerprint density at radius 1 is 1.56 bits per heavy atom. The van der Waals surface area contributed by atoms with Gasteiger partial charge in [0.05, 0.1) is 5.75 Å². The lowest BCUT2D eigenvalue weighted by Crippen LogP contribution is -2.24. The second kappa shape index (κ2) is 2.67. The number of hydrogen-bond acceptors (Lipinski definition) is 2. The van der Waals surface area contributed by atoms with Crippen LogP contribution in [0.1, 0.15) is 6.92 Å². The highest BCUT2D eigenvalue weighted by atomic mass is 32.2. The average molecular weight is 151 g/mol. The van der Waals surface area contributed by atoms with Crippen molar-refractivity contribution in [1.82, 2.24) is 0 Å². The summed E-state index contributed by atoms with van der Waals surface area (Å²) < 4.78 is 23.9. The second-order valence-electron chi connectivity index (χ2n) is 1.39. The average Bonchev–Trinajstić information content (AvgIpc) is 1.63. The Morgan fingerprint density at radius 3 is 2.11 bits per heavy atom. The van der Waals surface area contributed by atoms with Crippen LogP contribution in [-0.4, -0.2) is 20.1 Å². The van der Waals surface area contributed by atoms with Crippen LogP contribution in [0.3, 0.4) is 0 Å². The standard InChI is InChI=1S/C3H9N3O2S/c1-2-9(7,8)6-3(4)5/h2H2,1H3,(H4,4,5,6). The first-order valence-electron chi connectivity index (χ1n) is 2.31. The number of guanidine groups is 1. The van der Waals surface area contributed by atoms with E-state index in [9.17, 15) is 8.42 Å². The molecule has 0 aromatic carbocycles. The molecule has 0 aromatic rings. The predicted molar refractivity (Wildman–Crippen MR) is 35.3 cm³/mol. The molecule has 0 bridgehead atoms. The molecule has 0 unspecified atom stereocenters. The van der Waals surface area contributed by atoms with E-state index < -0.39 is 16.0 Å². The lowest BCUT2D eigenvalue weighted by molar-refractivity contribution is 0.599. The quantitative estimate of drug-likeness (QED) is 0.375. The summed E-state index contributed by atoms with van der Waals surface area (Å²) in [6, 6.07) is 0. The zero-order valence-electron chi connectivity index (χ0n) is 5.03. The smallest absolute Gasteiger partial charge is 0.256 e. The molecule has 6 heteroatoms. The maximum atomic E-state index is 10.5. The fraction of sp³-hybridized carbons (Fsp3) is 0.667. The molecule has 0 radical (unpaired) electrons. The molecule has 0 atom stereocenters. The molecule has 54 valence electrons. The maximum Gasteiger partial charge on any atom is 0.256 e. The molecule has 4 N–H and O–H groups in total. The van der Waals surface area contributed by atoms with Gasteiger partial charge in [-0.25, -0.2) is 8.42 Å². The Balaban J connectivity index is 4.41. The number of rotatable bonds is 2. The third kappa shape index (κ3) is 3.77. The molecule has 0 aliphatic carbocycles. The fourth-order valence-electron chi connectivity index (χ4n) is 0.225. The molecule has 0 spiro atoms. The van der Waals surface area contributed by atoms with E-state index in [-0.39, 0.29) is 5.75 Å². The maximum absolute atomic E-state index is 10.5. The van der Waals surface area contributed by atoms with Crippen molar-refractivity contribution in [2.45, 2.75) is 6.92 Å². The molecule has 0 rings (SSSR count). The number of nitrogens with zero attached hydrogens (tertiary/aromatic N) is 1. The highest BCUT2D eigenvalue weighted by molar-refractivity contribution is 7.90. The second-order valence-corrected chi connectivity index (χ2v) is 3.31. The normalized spacial score (nSPS) is 10.8. The summed E-state index contributed by atoms with van der Waals surface area (Å²) in [5, 5.41) is 0. The van der Waals surface area contributed by atoms with Gasteiger partial charge in [-0.05, 0) is 6.92 Å². The molecule has 9 heavy (non-hydrogen) atoms. The van der Waals surface area contributed by atoms with Crippen molar-refractivity contribution in [1.29, 1.82) is 0 Å². The van der Waals surface area contributed by atoms with Gasteiger partial charge < -0.3 is 11.5 Å². The van der Waals surface area contributed by atoms with Crippen LogP contribution in [0.5, 0.6) is 0 Å². The summed E-state index contributed by atoms with van der Waals surface area (Å²) in [5.74, 6) is -0.498. The van der Waals surface area contributed by atoms with Crippen LogP contribution in [0.25, 0.3) is 0 Å². The van der Waals surface area contributed by atoms with Gasteiger partial charge in [-0.1, -0.05) is 0 Å². The van der Waals surface area contributed by atoms with E-state index in [0.29, 0.717) is 0 Å². The Kier molecular flexibility index (Phi) is 2.44. The van der Waals surface area contributed by atoms with Gasteiger partial charge in [0.2, 0.25) is 5.96 Å². The van der Waals surface area contributed by atoms with Crippen molar-refractivity contribution in [3.05, 3.63) is 0 Å². The van der Waals surface area contributed by atoms with Gasteiger partial charge in [-0.2, -0.15) is 0 Å². The molecular weight excluding hydrogens is 142 g/mol. The summed E-state index contributed by atoms with van der Waals surface area (Å²) in [6.07, 6.45) is 0. The zero-order valence-corrected chi connectivity index (χ0v) is 5.85.